The topological polar surface area (TPSA) is 55.4 Å². The number of Topliss-reactive ketones (excluding diaryl/α,β-unsaturated/α-hetero) is 1. The number of rotatable bonds is 6. The molecule has 2 rings (SSSR count). The van der Waals surface area contributed by atoms with E-state index in [1.54, 1.807) is 13.0 Å². The van der Waals surface area contributed by atoms with Crippen LogP contribution in [-0.2, 0) is 16.0 Å². The van der Waals surface area contributed by atoms with Crippen LogP contribution in [0.3, 0.4) is 0 Å². The SMILES string of the molecule is CC(=O)c1cc(CC(=O)NCC[C@H]2CCOC2)cs1. The van der Waals surface area contributed by atoms with E-state index in [-0.39, 0.29) is 11.7 Å². The van der Waals surface area contributed by atoms with Gasteiger partial charge in [-0.2, -0.15) is 0 Å². The molecule has 0 saturated carbocycles. The van der Waals surface area contributed by atoms with Gasteiger partial charge in [0.05, 0.1) is 11.3 Å². The minimum Gasteiger partial charge on any atom is -0.381 e. The molecule has 1 aliphatic rings. The molecule has 4 nitrogen and oxygen atoms in total. The van der Waals surface area contributed by atoms with Gasteiger partial charge in [-0.3, -0.25) is 9.59 Å². The number of ether oxygens (including phenoxy) is 1. The molecule has 1 amide bonds. The predicted octanol–water partition coefficient (Wildman–Crippen LogP) is 2.04. The van der Waals surface area contributed by atoms with Crippen LogP contribution in [0, 0.1) is 5.92 Å². The van der Waals surface area contributed by atoms with Crippen LogP contribution in [-0.4, -0.2) is 31.4 Å². The summed E-state index contributed by atoms with van der Waals surface area (Å²) in [6, 6.07) is 1.80. The zero-order valence-corrected chi connectivity index (χ0v) is 11.9. The van der Waals surface area contributed by atoms with E-state index >= 15 is 0 Å². The molecule has 19 heavy (non-hydrogen) atoms. The number of carbonyl (C=O) groups excluding carboxylic acids is 2. The smallest absolute Gasteiger partial charge is 0.224 e. The molecule has 0 bridgehead atoms. The Labute approximate surface area is 117 Å². The molecular formula is C14H19NO3S. The van der Waals surface area contributed by atoms with Crippen molar-refractivity contribution in [2.75, 3.05) is 19.8 Å². The summed E-state index contributed by atoms with van der Waals surface area (Å²) in [5.74, 6) is 0.662. The summed E-state index contributed by atoms with van der Waals surface area (Å²) in [5, 5.41) is 4.80. The number of thiophene rings is 1. The molecule has 0 radical (unpaired) electrons. The van der Waals surface area contributed by atoms with Crippen LogP contribution in [0.4, 0.5) is 0 Å². The van der Waals surface area contributed by atoms with Crippen LogP contribution in [0.15, 0.2) is 11.4 Å². The molecule has 1 saturated heterocycles. The molecule has 0 aliphatic carbocycles. The van der Waals surface area contributed by atoms with Crippen molar-refractivity contribution in [3.63, 3.8) is 0 Å². The second kappa shape index (κ2) is 6.82. The number of hydrogen-bond donors (Lipinski definition) is 1. The third-order valence-electron chi connectivity index (χ3n) is 3.26. The number of hydrogen-bond acceptors (Lipinski definition) is 4. The standard InChI is InChI=1S/C14H19NO3S/c1-10(16)13-6-12(9-19-13)7-14(17)15-4-2-11-3-5-18-8-11/h6,9,11H,2-5,7-8H2,1H3,(H,15,17)/t11-/m0/s1. The van der Waals surface area contributed by atoms with Gasteiger partial charge in [-0.25, -0.2) is 0 Å². The Kier molecular flexibility index (Phi) is 5.10. The lowest BCUT2D eigenvalue weighted by Crippen LogP contribution is -2.27. The van der Waals surface area contributed by atoms with Crippen LogP contribution in [0.1, 0.15) is 35.0 Å². The van der Waals surface area contributed by atoms with Crippen LogP contribution in [0.2, 0.25) is 0 Å². The average Bonchev–Trinajstić information content (AvgIpc) is 3.00. The van der Waals surface area contributed by atoms with E-state index in [0.717, 1.165) is 31.6 Å². The molecule has 2 heterocycles. The minimum absolute atomic E-state index is 0.0202. The van der Waals surface area contributed by atoms with Crippen molar-refractivity contribution in [2.24, 2.45) is 5.92 Å². The molecule has 1 aliphatic heterocycles. The largest absolute Gasteiger partial charge is 0.381 e. The lowest BCUT2D eigenvalue weighted by atomic mass is 10.1. The zero-order chi connectivity index (χ0) is 13.7. The average molecular weight is 281 g/mol. The van der Waals surface area contributed by atoms with Crippen LogP contribution >= 0.6 is 11.3 Å². The second-order valence-electron chi connectivity index (χ2n) is 4.92. The highest BCUT2D eigenvalue weighted by Gasteiger charge is 2.15. The lowest BCUT2D eigenvalue weighted by molar-refractivity contribution is -0.120. The van der Waals surface area contributed by atoms with Crippen molar-refractivity contribution in [1.29, 1.82) is 0 Å². The molecule has 104 valence electrons. The molecular weight excluding hydrogens is 262 g/mol. The monoisotopic (exact) mass is 281 g/mol. The molecule has 1 atom stereocenters. The van der Waals surface area contributed by atoms with Crippen LogP contribution in [0.5, 0.6) is 0 Å². The van der Waals surface area contributed by atoms with E-state index in [9.17, 15) is 9.59 Å². The Balaban J connectivity index is 1.69. The fourth-order valence-corrected chi connectivity index (χ4v) is 2.94. The van der Waals surface area contributed by atoms with Crippen molar-refractivity contribution in [1.82, 2.24) is 5.32 Å². The minimum atomic E-state index is 0.0202. The summed E-state index contributed by atoms with van der Waals surface area (Å²) in [4.78, 5) is 23.6. The van der Waals surface area contributed by atoms with E-state index in [2.05, 4.69) is 5.32 Å². The first-order valence-electron chi connectivity index (χ1n) is 6.58. The van der Waals surface area contributed by atoms with Gasteiger partial charge in [0.25, 0.3) is 0 Å². The maximum absolute atomic E-state index is 11.7. The highest BCUT2D eigenvalue weighted by molar-refractivity contribution is 7.12. The Morgan fingerprint density at radius 3 is 3.00 bits per heavy atom. The van der Waals surface area contributed by atoms with E-state index in [1.165, 1.54) is 11.3 Å². The van der Waals surface area contributed by atoms with Crippen LogP contribution in [0.25, 0.3) is 0 Å². The summed E-state index contributed by atoms with van der Waals surface area (Å²) in [6.45, 7) is 3.92. The van der Waals surface area contributed by atoms with Gasteiger partial charge in [0, 0.05) is 19.8 Å². The van der Waals surface area contributed by atoms with Gasteiger partial charge in [-0.1, -0.05) is 0 Å². The van der Waals surface area contributed by atoms with Gasteiger partial charge in [0.1, 0.15) is 0 Å². The highest BCUT2D eigenvalue weighted by atomic mass is 32.1. The van der Waals surface area contributed by atoms with Crippen molar-refractivity contribution in [3.8, 4) is 0 Å². The third-order valence-corrected chi connectivity index (χ3v) is 4.34. The Bertz CT molecular complexity index is 449. The van der Waals surface area contributed by atoms with Crippen molar-refractivity contribution < 1.29 is 14.3 Å². The number of carbonyl (C=O) groups is 2. The summed E-state index contributed by atoms with van der Waals surface area (Å²) in [7, 11) is 0. The molecule has 1 fully saturated rings. The van der Waals surface area contributed by atoms with Gasteiger partial charge in [0.2, 0.25) is 5.91 Å². The van der Waals surface area contributed by atoms with Crippen molar-refractivity contribution in [3.05, 3.63) is 21.9 Å². The second-order valence-corrected chi connectivity index (χ2v) is 5.83. The molecule has 1 aromatic rings. The Hall–Kier alpha value is -1.20. The van der Waals surface area contributed by atoms with Gasteiger partial charge in [-0.15, -0.1) is 11.3 Å². The third kappa shape index (κ3) is 4.44. The maximum atomic E-state index is 11.7. The summed E-state index contributed by atoms with van der Waals surface area (Å²) in [5.41, 5.74) is 0.914. The fraction of sp³-hybridized carbons (Fsp3) is 0.571. The van der Waals surface area contributed by atoms with E-state index in [0.29, 0.717) is 23.8 Å². The molecule has 1 N–H and O–H groups in total. The molecule has 0 aromatic carbocycles. The lowest BCUT2D eigenvalue weighted by Gasteiger charge is -2.08. The fourth-order valence-electron chi connectivity index (χ4n) is 2.13. The van der Waals surface area contributed by atoms with Crippen LogP contribution < -0.4 is 5.32 Å². The first-order chi connectivity index (χ1) is 9.15. The normalized spacial score (nSPS) is 18.5. The van der Waals surface area contributed by atoms with Gasteiger partial charge in [0.15, 0.2) is 5.78 Å². The van der Waals surface area contributed by atoms with Crippen molar-refractivity contribution in [2.45, 2.75) is 26.2 Å². The number of nitrogens with one attached hydrogen (secondary N) is 1. The number of ketones is 1. The van der Waals surface area contributed by atoms with E-state index < -0.39 is 0 Å². The van der Waals surface area contributed by atoms with Gasteiger partial charge < -0.3 is 10.1 Å². The summed E-state index contributed by atoms with van der Waals surface area (Å²) >= 11 is 1.40. The molecule has 0 unspecified atom stereocenters. The van der Waals surface area contributed by atoms with Gasteiger partial charge >= 0.3 is 0 Å². The van der Waals surface area contributed by atoms with E-state index in [4.69, 9.17) is 4.74 Å². The Morgan fingerprint density at radius 1 is 1.53 bits per heavy atom. The first-order valence-corrected chi connectivity index (χ1v) is 7.46. The van der Waals surface area contributed by atoms with Crippen molar-refractivity contribution >= 4 is 23.0 Å². The van der Waals surface area contributed by atoms with Gasteiger partial charge in [-0.05, 0) is 42.7 Å². The highest BCUT2D eigenvalue weighted by Crippen LogP contribution is 2.16. The van der Waals surface area contributed by atoms with E-state index in [1.807, 2.05) is 5.38 Å². The molecule has 1 aromatic heterocycles. The predicted molar refractivity (Wildman–Crippen MR) is 74.6 cm³/mol. The number of amides is 1. The zero-order valence-electron chi connectivity index (χ0n) is 11.1. The Morgan fingerprint density at radius 2 is 2.37 bits per heavy atom. The summed E-state index contributed by atoms with van der Waals surface area (Å²) in [6.07, 6.45) is 2.43. The summed E-state index contributed by atoms with van der Waals surface area (Å²) < 4.78 is 5.29. The quantitative estimate of drug-likeness (QED) is 0.812. The maximum Gasteiger partial charge on any atom is 0.224 e. The molecule has 5 heteroatoms. The molecule has 0 spiro atoms. The first kappa shape index (κ1) is 14.2.